The number of rotatable bonds is 4. The summed E-state index contributed by atoms with van der Waals surface area (Å²) in [6.45, 7) is 3.88. The minimum absolute atomic E-state index is 0.143. The van der Waals surface area contributed by atoms with Crippen LogP contribution >= 0.6 is 0 Å². The van der Waals surface area contributed by atoms with Gasteiger partial charge in [-0.25, -0.2) is 4.98 Å². The number of anilines is 1. The summed E-state index contributed by atoms with van der Waals surface area (Å²) in [6.07, 6.45) is 0. The zero-order valence-corrected chi connectivity index (χ0v) is 10.5. The number of aliphatic hydroxyl groups is 1. The second kappa shape index (κ2) is 6.70. The summed E-state index contributed by atoms with van der Waals surface area (Å²) in [4.78, 5) is 28.7. The van der Waals surface area contributed by atoms with Crippen molar-refractivity contribution in [1.29, 1.82) is 0 Å². The smallest absolute Gasteiger partial charge is 0.315 e. The number of amides is 2. The van der Waals surface area contributed by atoms with Gasteiger partial charge in [-0.1, -0.05) is 6.07 Å². The molecule has 0 bridgehead atoms. The Kier molecular flexibility index (Phi) is 5.26. The quantitative estimate of drug-likeness (QED) is 0.747. The average Bonchev–Trinajstić information content (AvgIpc) is 2.35. The first-order chi connectivity index (χ1) is 8.58. The van der Waals surface area contributed by atoms with Crippen molar-refractivity contribution in [3.05, 3.63) is 23.9 Å². The molecule has 1 rings (SSSR count). The summed E-state index contributed by atoms with van der Waals surface area (Å²) in [5.41, 5.74) is 0.753. The van der Waals surface area contributed by atoms with E-state index in [4.69, 9.17) is 5.11 Å². The van der Waals surface area contributed by atoms with Crippen LogP contribution in [0.25, 0.3) is 0 Å². The van der Waals surface area contributed by atoms with Crippen LogP contribution in [0, 0.1) is 6.92 Å². The SMILES string of the molecule is CCN(CCO)C(=O)C(=O)Nc1cccc(C)n1. The lowest BCUT2D eigenvalue weighted by Crippen LogP contribution is -2.41. The van der Waals surface area contributed by atoms with E-state index in [9.17, 15) is 9.59 Å². The van der Waals surface area contributed by atoms with Gasteiger partial charge in [-0.15, -0.1) is 0 Å². The van der Waals surface area contributed by atoms with Gasteiger partial charge in [0.1, 0.15) is 5.82 Å². The highest BCUT2D eigenvalue weighted by molar-refractivity contribution is 6.39. The Hall–Kier alpha value is -1.95. The number of carbonyl (C=O) groups is 2. The fraction of sp³-hybridized carbons (Fsp3) is 0.417. The molecule has 2 N–H and O–H groups in total. The Labute approximate surface area is 106 Å². The zero-order valence-electron chi connectivity index (χ0n) is 10.5. The maximum Gasteiger partial charge on any atom is 0.315 e. The lowest BCUT2D eigenvalue weighted by atomic mass is 10.3. The minimum Gasteiger partial charge on any atom is -0.395 e. The summed E-state index contributed by atoms with van der Waals surface area (Å²) in [5, 5.41) is 11.2. The standard InChI is InChI=1S/C12H17N3O3/c1-3-15(7-8-16)12(18)11(17)14-10-6-4-5-9(2)13-10/h4-6,16H,3,7-8H2,1-2H3,(H,13,14,17). The van der Waals surface area contributed by atoms with Crippen molar-refractivity contribution in [2.45, 2.75) is 13.8 Å². The van der Waals surface area contributed by atoms with Gasteiger partial charge in [0.2, 0.25) is 0 Å². The van der Waals surface area contributed by atoms with Gasteiger partial charge in [0, 0.05) is 18.8 Å². The van der Waals surface area contributed by atoms with E-state index in [1.54, 1.807) is 32.0 Å². The summed E-state index contributed by atoms with van der Waals surface area (Å²) in [6, 6.07) is 5.15. The third kappa shape index (κ3) is 3.81. The van der Waals surface area contributed by atoms with Crippen LogP contribution in [-0.2, 0) is 9.59 Å². The van der Waals surface area contributed by atoms with Gasteiger partial charge in [-0.2, -0.15) is 0 Å². The van der Waals surface area contributed by atoms with Crippen LogP contribution in [0.2, 0.25) is 0 Å². The fourth-order valence-corrected chi connectivity index (χ4v) is 1.45. The van der Waals surface area contributed by atoms with Crippen molar-refractivity contribution in [1.82, 2.24) is 9.88 Å². The summed E-state index contributed by atoms with van der Waals surface area (Å²) >= 11 is 0. The fourth-order valence-electron chi connectivity index (χ4n) is 1.45. The van der Waals surface area contributed by atoms with E-state index in [1.807, 2.05) is 0 Å². The topological polar surface area (TPSA) is 82.5 Å². The molecule has 0 spiro atoms. The molecular weight excluding hydrogens is 234 g/mol. The molecule has 0 aliphatic heterocycles. The number of aliphatic hydroxyl groups excluding tert-OH is 1. The monoisotopic (exact) mass is 251 g/mol. The number of hydrogen-bond acceptors (Lipinski definition) is 4. The number of nitrogens with zero attached hydrogens (tertiary/aromatic N) is 2. The number of hydrogen-bond donors (Lipinski definition) is 2. The van der Waals surface area contributed by atoms with Gasteiger partial charge in [-0.3, -0.25) is 9.59 Å². The molecule has 2 amide bonds. The van der Waals surface area contributed by atoms with Gasteiger partial charge in [0.15, 0.2) is 0 Å². The molecule has 6 heteroatoms. The molecule has 18 heavy (non-hydrogen) atoms. The number of nitrogens with one attached hydrogen (secondary N) is 1. The van der Waals surface area contributed by atoms with Gasteiger partial charge in [0.05, 0.1) is 6.61 Å². The average molecular weight is 251 g/mol. The van der Waals surface area contributed by atoms with Crippen LogP contribution in [0.3, 0.4) is 0 Å². The second-order valence-corrected chi connectivity index (χ2v) is 3.73. The van der Waals surface area contributed by atoms with E-state index in [0.717, 1.165) is 5.69 Å². The molecule has 1 aromatic heterocycles. The predicted octanol–water partition coefficient (Wildman–Crippen LogP) is 0.169. The van der Waals surface area contributed by atoms with Crippen molar-refractivity contribution in [2.24, 2.45) is 0 Å². The van der Waals surface area contributed by atoms with Crippen molar-refractivity contribution in [3.63, 3.8) is 0 Å². The molecule has 6 nitrogen and oxygen atoms in total. The van der Waals surface area contributed by atoms with Crippen molar-refractivity contribution in [2.75, 3.05) is 25.0 Å². The molecule has 0 aliphatic rings. The highest BCUT2D eigenvalue weighted by Gasteiger charge is 2.20. The summed E-state index contributed by atoms with van der Waals surface area (Å²) in [5.74, 6) is -1.08. The molecule has 1 heterocycles. The van der Waals surface area contributed by atoms with Crippen LogP contribution in [-0.4, -0.2) is 46.5 Å². The molecule has 0 unspecified atom stereocenters. The van der Waals surface area contributed by atoms with Crippen molar-refractivity contribution in [3.8, 4) is 0 Å². The molecular formula is C12H17N3O3. The number of aryl methyl sites for hydroxylation is 1. The van der Waals surface area contributed by atoms with E-state index >= 15 is 0 Å². The lowest BCUT2D eigenvalue weighted by Gasteiger charge is -2.18. The van der Waals surface area contributed by atoms with E-state index in [1.165, 1.54) is 4.90 Å². The largest absolute Gasteiger partial charge is 0.395 e. The second-order valence-electron chi connectivity index (χ2n) is 3.73. The number of carbonyl (C=O) groups excluding carboxylic acids is 2. The first-order valence-electron chi connectivity index (χ1n) is 5.73. The van der Waals surface area contributed by atoms with Crippen molar-refractivity contribution >= 4 is 17.6 Å². The Bertz CT molecular complexity index is 434. The lowest BCUT2D eigenvalue weighted by molar-refractivity contribution is -0.143. The van der Waals surface area contributed by atoms with Crippen LogP contribution in [0.15, 0.2) is 18.2 Å². The molecule has 98 valence electrons. The van der Waals surface area contributed by atoms with Crippen LogP contribution in [0.5, 0.6) is 0 Å². The van der Waals surface area contributed by atoms with E-state index < -0.39 is 11.8 Å². The first-order valence-corrected chi connectivity index (χ1v) is 5.73. The highest BCUT2D eigenvalue weighted by Crippen LogP contribution is 2.04. The molecule has 0 fully saturated rings. The van der Waals surface area contributed by atoms with Crippen LogP contribution in [0.1, 0.15) is 12.6 Å². The molecule has 0 atom stereocenters. The van der Waals surface area contributed by atoms with Gasteiger partial charge in [-0.05, 0) is 26.0 Å². The number of aromatic nitrogens is 1. The number of likely N-dealkylation sites (N-methyl/N-ethyl adjacent to an activating group) is 1. The van der Waals surface area contributed by atoms with Crippen molar-refractivity contribution < 1.29 is 14.7 Å². The Morgan fingerprint density at radius 2 is 2.17 bits per heavy atom. The minimum atomic E-state index is -0.747. The molecule has 0 aromatic carbocycles. The van der Waals surface area contributed by atoms with Crippen LogP contribution < -0.4 is 5.32 Å². The molecule has 0 saturated heterocycles. The Balaban J connectivity index is 2.67. The molecule has 1 aromatic rings. The summed E-state index contributed by atoms with van der Waals surface area (Å²) < 4.78 is 0. The molecule has 0 radical (unpaired) electrons. The van der Waals surface area contributed by atoms with Gasteiger partial charge in [0.25, 0.3) is 0 Å². The first kappa shape index (κ1) is 14.1. The van der Waals surface area contributed by atoms with Gasteiger partial charge < -0.3 is 15.3 Å². The van der Waals surface area contributed by atoms with Gasteiger partial charge >= 0.3 is 11.8 Å². The Morgan fingerprint density at radius 3 is 2.72 bits per heavy atom. The van der Waals surface area contributed by atoms with E-state index in [0.29, 0.717) is 12.4 Å². The molecule has 0 saturated carbocycles. The normalized spacial score (nSPS) is 9.94. The zero-order chi connectivity index (χ0) is 13.5. The Morgan fingerprint density at radius 1 is 1.44 bits per heavy atom. The van der Waals surface area contributed by atoms with Crippen LogP contribution in [0.4, 0.5) is 5.82 Å². The van der Waals surface area contributed by atoms with E-state index in [2.05, 4.69) is 10.3 Å². The third-order valence-electron chi connectivity index (χ3n) is 2.36. The maximum absolute atomic E-state index is 11.7. The van der Waals surface area contributed by atoms with E-state index in [-0.39, 0.29) is 13.2 Å². The summed E-state index contributed by atoms with van der Waals surface area (Å²) in [7, 11) is 0. The predicted molar refractivity (Wildman–Crippen MR) is 66.9 cm³/mol. The maximum atomic E-state index is 11.7. The highest BCUT2D eigenvalue weighted by atomic mass is 16.3. The number of pyridine rings is 1. The third-order valence-corrected chi connectivity index (χ3v) is 2.36. The molecule has 0 aliphatic carbocycles.